The molecule has 1 heterocycles. The summed E-state index contributed by atoms with van der Waals surface area (Å²) >= 11 is 0. The van der Waals surface area contributed by atoms with E-state index in [0.717, 1.165) is 5.56 Å². The summed E-state index contributed by atoms with van der Waals surface area (Å²) in [5.41, 5.74) is 7.03. The Morgan fingerprint density at radius 2 is 2.00 bits per heavy atom. The zero-order valence-electron chi connectivity index (χ0n) is 9.97. The lowest BCUT2D eigenvalue weighted by molar-refractivity contribution is 0.451. The van der Waals surface area contributed by atoms with E-state index in [9.17, 15) is 8.42 Å². The second kappa shape index (κ2) is 4.25. The fraction of sp³-hybridized carbons (Fsp3) is 0.333. The van der Waals surface area contributed by atoms with Crippen molar-refractivity contribution >= 4 is 15.9 Å². The molecule has 1 aromatic carbocycles. The summed E-state index contributed by atoms with van der Waals surface area (Å²) in [7, 11) is 0.356. The molecule has 0 fully saturated rings. The summed E-state index contributed by atoms with van der Waals surface area (Å²) in [6, 6.07) is 5.42. The molecule has 0 unspecified atom stereocenters. The molecule has 0 saturated carbocycles. The molecular formula is C12H16N2O2S. The van der Waals surface area contributed by atoms with E-state index in [1.165, 1.54) is 0 Å². The first-order valence-electron chi connectivity index (χ1n) is 5.39. The van der Waals surface area contributed by atoms with Crippen LogP contribution in [0.4, 0.5) is 0 Å². The normalized spacial score (nSPS) is 17.1. The van der Waals surface area contributed by atoms with Gasteiger partial charge in [-0.3, -0.25) is 0 Å². The van der Waals surface area contributed by atoms with Crippen LogP contribution in [0.15, 0.2) is 28.0 Å². The summed E-state index contributed by atoms with van der Waals surface area (Å²) in [5.74, 6) is 0. The number of fused-ring (bicyclic) bond motifs is 1. The molecule has 1 aromatic rings. The predicted octanol–water partition coefficient (Wildman–Crippen LogP) is 0.835. The summed E-state index contributed by atoms with van der Waals surface area (Å²) in [6.45, 7) is 0.659. The number of benzene rings is 1. The van der Waals surface area contributed by atoms with Crippen molar-refractivity contribution in [2.24, 2.45) is 5.73 Å². The van der Waals surface area contributed by atoms with Crippen LogP contribution in [0, 0.1) is 0 Å². The molecule has 0 spiro atoms. The largest absolute Gasteiger partial charge is 0.326 e. The molecular weight excluding hydrogens is 236 g/mol. The Morgan fingerprint density at radius 1 is 1.29 bits per heavy atom. The Labute approximate surface area is 102 Å². The minimum atomic E-state index is -3.34. The van der Waals surface area contributed by atoms with Gasteiger partial charge in [-0.2, -0.15) is 0 Å². The first kappa shape index (κ1) is 12.3. The Bertz CT molecular complexity index is 574. The van der Waals surface area contributed by atoms with Gasteiger partial charge in [0, 0.05) is 13.1 Å². The highest BCUT2D eigenvalue weighted by Gasteiger charge is 2.31. The molecule has 2 rings (SSSR count). The van der Waals surface area contributed by atoms with Gasteiger partial charge >= 0.3 is 0 Å². The lowest BCUT2D eigenvalue weighted by Crippen LogP contribution is -2.19. The van der Waals surface area contributed by atoms with Crippen molar-refractivity contribution in [2.45, 2.75) is 11.4 Å². The van der Waals surface area contributed by atoms with Gasteiger partial charge in [0.25, 0.3) is 0 Å². The van der Waals surface area contributed by atoms with Crippen LogP contribution in [0.5, 0.6) is 0 Å². The van der Waals surface area contributed by atoms with E-state index >= 15 is 0 Å². The van der Waals surface area contributed by atoms with E-state index in [1.807, 2.05) is 31.1 Å². The van der Waals surface area contributed by atoms with Gasteiger partial charge in [0.05, 0.1) is 9.80 Å². The average molecular weight is 252 g/mol. The first-order chi connectivity index (χ1) is 7.96. The van der Waals surface area contributed by atoms with E-state index in [0.29, 0.717) is 21.9 Å². The second-order valence-electron chi connectivity index (χ2n) is 4.39. The summed E-state index contributed by atoms with van der Waals surface area (Å²) in [5, 5.41) is 0. The molecule has 1 aliphatic heterocycles. The number of sulfone groups is 1. The van der Waals surface area contributed by atoms with Crippen molar-refractivity contribution in [3.63, 3.8) is 0 Å². The van der Waals surface area contributed by atoms with Crippen molar-refractivity contribution in [3.05, 3.63) is 34.2 Å². The molecule has 0 saturated heterocycles. The van der Waals surface area contributed by atoms with Gasteiger partial charge in [-0.1, -0.05) is 18.2 Å². The third-order valence-corrected chi connectivity index (χ3v) is 4.72. The molecule has 5 heteroatoms. The quantitative estimate of drug-likeness (QED) is 0.865. The zero-order chi connectivity index (χ0) is 12.6. The Kier molecular flexibility index (Phi) is 3.07. The summed E-state index contributed by atoms with van der Waals surface area (Å²) < 4.78 is 24.7. The molecule has 2 N–H and O–H groups in total. The van der Waals surface area contributed by atoms with Crippen LogP contribution in [-0.2, 0) is 16.4 Å². The van der Waals surface area contributed by atoms with Crippen LogP contribution in [0.3, 0.4) is 0 Å². The minimum Gasteiger partial charge on any atom is -0.326 e. The number of likely N-dealkylation sites (N-methyl/N-ethyl adjacent to an activating group) is 1. The number of nitrogens with zero attached hydrogens (tertiary/aromatic N) is 1. The van der Waals surface area contributed by atoms with Gasteiger partial charge in [0.2, 0.25) is 9.84 Å². The Hall–Kier alpha value is -1.17. The fourth-order valence-corrected chi connectivity index (χ4v) is 3.94. The van der Waals surface area contributed by atoms with Crippen molar-refractivity contribution < 1.29 is 8.42 Å². The lowest BCUT2D eigenvalue weighted by atomic mass is 10.1. The molecule has 1 aliphatic rings. The fourth-order valence-electron chi connectivity index (χ4n) is 2.03. The van der Waals surface area contributed by atoms with E-state index in [-0.39, 0.29) is 6.54 Å². The van der Waals surface area contributed by atoms with Gasteiger partial charge in [0.1, 0.15) is 0 Å². The molecule has 92 valence electrons. The molecule has 0 aliphatic carbocycles. The Morgan fingerprint density at radius 3 is 2.59 bits per heavy atom. The third kappa shape index (κ3) is 2.01. The number of hydrogen-bond donors (Lipinski definition) is 1. The maximum atomic E-state index is 12.3. The van der Waals surface area contributed by atoms with E-state index in [2.05, 4.69) is 0 Å². The molecule has 0 aromatic heterocycles. The lowest BCUT2D eigenvalue weighted by Gasteiger charge is -2.11. The highest BCUT2D eigenvalue weighted by molar-refractivity contribution is 7.96. The number of nitrogens with two attached hydrogens (primary N) is 1. The van der Waals surface area contributed by atoms with Crippen LogP contribution in [0.2, 0.25) is 0 Å². The third-order valence-electron chi connectivity index (χ3n) is 2.75. The first-order valence-corrected chi connectivity index (χ1v) is 6.87. The summed E-state index contributed by atoms with van der Waals surface area (Å²) in [4.78, 5) is 2.68. The van der Waals surface area contributed by atoms with Crippen LogP contribution in [-0.4, -0.2) is 34.0 Å². The van der Waals surface area contributed by atoms with Gasteiger partial charge in [-0.25, -0.2) is 8.42 Å². The van der Waals surface area contributed by atoms with Crippen LogP contribution in [0.25, 0.3) is 6.08 Å². The average Bonchev–Trinajstić information content (AvgIpc) is 2.50. The predicted molar refractivity (Wildman–Crippen MR) is 68.1 cm³/mol. The van der Waals surface area contributed by atoms with Crippen molar-refractivity contribution in [1.29, 1.82) is 0 Å². The van der Waals surface area contributed by atoms with E-state index < -0.39 is 9.84 Å². The van der Waals surface area contributed by atoms with Crippen LogP contribution >= 0.6 is 0 Å². The monoisotopic (exact) mass is 252 g/mol. The van der Waals surface area contributed by atoms with Crippen LogP contribution < -0.4 is 5.73 Å². The number of rotatable bonds is 3. The van der Waals surface area contributed by atoms with Gasteiger partial charge in [0.15, 0.2) is 0 Å². The Balaban J connectivity index is 2.56. The van der Waals surface area contributed by atoms with Crippen LogP contribution in [0.1, 0.15) is 11.1 Å². The van der Waals surface area contributed by atoms with E-state index in [4.69, 9.17) is 5.73 Å². The molecule has 0 radical (unpaired) electrons. The maximum absolute atomic E-state index is 12.3. The highest BCUT2D eigenvalue weighted by atomic mass is 32.2. The van der Waals surface area contributed by atoms with Gasteiger partial charge < -0.3 is 10.6 Å². The van der Waals surface area contributed by atoms with E-state index in [1.54, 1.807) is 12.1 Å². The smallest absolute Gasteiger partial charge is 0.204 e. The molecule has 0 bridgehead atoms. The van der Waals surface area contributed by atoms with Gasteiger partial charge in [-0.15, -0.1) is 0 Å². The van der Waals surface area contributed by atoms with Crippen molar-refractivity contribution in [1.82, 2.24) is 4.90 Å². The zero-order valence-corrected chi connectivity index (χ0v) is 10.8. The number of hydrogen-bond acceptors (Lipinski definition) is 4. The summed E-state index contributed by atoms with van der Waals surface area (Å²) in [6.07, 6.45) is 1.74. The molecule has 0 atom stereocenters. The topological polar surface area (TPSA) is 63.4 Å². The minimum absolute atomic E-state index is 0.242. The highest BCUT2D eigenvalue weighted by Crippen LogP contribution is 2.35. The maximum Gasteiger partial charge on any atom is 0.204 e. The molecule has 4 nitrogen and oxygen atoms in total. The second-order valence-corrected chi connectivity index (χ2v) is 6.33. The standard InChI is InChI=1S/C12H16N2O2S/c1-14(2)8-11-6-9-4-3-5-10(7-13)12(9)17(11,15)16/h3-6H,7-8,13H2,1-2H3. The van der Waals surface area contributed by atoms with Crippen molar-refractivity contribution in [2.75, 3.05) is 20.6 Å². The molecule has 17 heavy (non-hydrogen) atoms. The van der Waals surface area contributed by atoms with Gasteiger partial charge in [-0.05, 0) is 31.3 Å². The SMILES string of the molecule is CN(C)CC1=Cc2cccc(CN)c2S1(=O)=O. The molecule has 0 amide bonds. The van der Waals surface area contributed by atoms with Crippen molar-refractivity contribution in [3.8, 4) is 0 Å².